The molecule has 0 saturated heterocycles. The standard InChI is InChI=1S/C40H24O/c1-2-12-27-24-28(21-20-25(27)10-1)37-30-14-5-7-16-32(30)38(33-17-8-6-15-31(33)37)34-18-9-19-36-39(34)35-23-22-26-11-3-4-13-29(26)40(35)41-36/h1-24H/i3D,4D,11D,13D,22D,23D. The van der Waals surface area contributed by atoms with Crippen molar-refractivity contribution in [3.05, 3.63) is 145 Å². The highest BCUT2D eigenvalue weighted by Crippen LogP contribution is 2.47. The van der Waals surface area contributed by atoms with Crippen LogP contribution in [0.1, 0.15) is 8.22 Å². The van der Waals surface area contributed by atoms with Crippen molar-refractivity contribution in [1.82, 2.24) is 0 Å². The molecule has 0 radical (unpaired) electrons. The average Bonchev–Trinajstić information content (AvgIpc) is 3.50. The Kier molecular flexibility index (Phi) is 3.61. The molecule has 0 unspecified atom stereocenters. The summed E-state index contributed by atoms with van der Waals surface area (Å²) in [5, 5.41) is 7.66. The second-order valence-electron chi connectivity index (χ2n) is 10.4. The minimum Gasteiger partial charge on any atom is -0.455 e. The Hall–Kier alpha value is -5.40. The number of rotatable bonds is 2. The molecule has 0 aliphatic heterocycles. The molecule has 8 aromatic carbocycles. The second kappa shape index (κ2) is 8.55. The molecule has 0 aliphatic carbocycles. The van der Waals surface area contributed by atoms with Crippen LogP contribution in [0, 0.1) is 0 Å². The number of fused-ring (bicyclic) bond motifs is 8. The summed E-state index contributed by atoms with van der Waals surface area (Å²) >= 11 is 0. The van der Waals surface area contributed by atoms with E-state index in [2.05, 4.69) is 60.7 Å². The molecular formula is C40H24O. The molecule has 0 bridgehead atoms. The van der Waals surface area contributed by atoms with Crippen molar-refractivity contribution in [1.29, 1.82) is 0 Å². The van der Waals surface area contributed by atoms with Gasteiger partial charge >= 0.3 is 0 Å². The van der Waals surface area contributed by atoms with Gasteiger partial charge in [-0.25, -0.2) is 0 Å². The van der Waals surface area contributed by atoms with Crippen molar-refractivity contribution in [3.8, 4) is 22.3 Å². The first-order valence-corrected chi connectivity index (χ1v) is 13.6. The van der Waals surface area contributed by atoms with E-state index < -0.39 is 12.1 Å². The van der Waals surface area contributed by atoms with E-state index in [4.69, 9.17) is 12.6 Å². The fourth-order valence-corrected chi connectivity index (χ4v) is 6.43. The molecule has 41 heavy (non-hydrogen) atoms. The van der Waals surface area contributed by atoms with Crippen LogP contribution >= 0.6 is 0 Å². The van der Waals surface area contributed by atoms with Crippen LogP contribution in [0.5, 0.6) is 0 Å². The van der Waals surface area contributed by atoms with Crippen LogP contribution in [0.2, 0.25) is 0 Å². The van der Waals surface area contributed by atoms with E-state index in [1.165, 1.54) is 5.39 Å². The Labute approximate surface area is 245 Å². The summed E-state index contributed by atoms with van der Waals surface area (Å²) < 4.78 is 58.3. The average molecular weight is 527 g/mol. The van der Waals surface area contributed by atoms with Crippen molar-refractivity contribution >= 4 is 65.0 Å². The summed E-state index contributed by atoms with van der Waals surface area (Å²) in [5.74, 6) is 0. The Morgan fingerprint density at radius 2 is 1.15 bits per heavy atom. The maximum Gasteiger partial charge on any atom is 0.143 e. The van der Waals surface area contributed by atoms with Crippen LogP contribution in [0.15, 0.2) is 150 Å². The number of furan rings is 1. The van der Waals surface area contributed by atoms with Crippen molar-refractivity contribution in [3.63, 3.8) is 0 Å². The van der Waals surface area contributed by atoms with Crippen molar-refractivity contribution in [2.24, 2.45) is 0 Å². The summed E-state index contributed by atoms with van der Waals surface area (Å²) in [4.78, 5) is 0. The van der Waals surface area contributed by atoms with Gasteiger partial charge in [-0.15, -0.1) is 0 Å². The van der Waals surface area contributed by atoms with Gasteiger partial charge in [0.15, 0.2) is 0 Å². The van der Waals surface area contributed by atoms with E-state index in [1.807, 2.05) is 48.5 Å². The van der Waals surface area contributed by atoms with E-state index in [0.717, 1.165) is 49.2 Å². The molecular weight excluding hydrogens is 496 g/mol. The predicted octanol–water partition coefficient (Wildman–Crippen LogP) is 11.5. The summed E-state index contributed by atoms with van der Waals surface area (Å²) in [6.45, 7) is 0. The molecule has 1 heteroatoms. The first-order chi connectivity index (χ1) is 22.8. The van der Waals surface area contributed by atoms with Crippen LogP contribution in [-0.2, 0) is 0 Å². The highest BCUT2D eigenvalue weighted by atomic mass is 16.3. The van der Waals surface area contributed by atoms with E-state index in [9.17, 15) is 0 Å². The highest BCUT2D eigenvalue weighted by Gasteiger charge is 2.20. The molecule has 0 saturated carbocycles. The maximum atomic E-state index is 9.16. The summed E-state index contributed by atoms with van der Waals surface area (Å²) in [6, 6.07) is 35.5. The van der Waals surface area contributed by atoms with Gasteiger partial charge in [0.25, 0.3) is 0 Å². The smallest absolute Gasteiger partial charge is 0.143 e. The van der Waals surface area contributed by atoms with Crippen LogP contribution in [0.3, 0.4) is 0 Å². The molecule has 0 N–H and O–H groups in total. The Balaban J connectivity index is 1.46. The lowest BCUT2D eigenvalue weighted by atomic mass is 9.84. The van der Waals surface area contributed by atoms with E-state index in [1.54, 1.807) is 0 Å². The number of hydrogen-bond donors (Lipinski definition) is 0. The van der Waals surface area contributed by atoms with Gasteiger partial charge < -0.3 is 4.42 Å². The van der Waals surface area contributed by atoms with E-state index in [0.29, 0.717) is 16.4 Å². The zero-order chi connectivity index (χ0) is 32.1. The molecule has 0 aliphatic rings. The third-order valence-corrected chi connectivity index (χ3v) is 8.18. The van der Waals surface area contributed by atoms with Crippen LogP contribution < -0.4 is 0 Å². The number of benzene rings is 8. The second-order valence-corrected chi connectivity index (χ2v) is 10.4. The normalized spacial score (nSPS) is 14.0. The van der Waals surface area contributed by atoms with Crippen LogP contribution in [0.25, 0.3) is 87.3 Å². The number of hydrogen-bond acceptors (Lipinski definition) is 1. The van der Waals surface area contributed by atoms with Crippen LogP contribution in [-0.4, -0.2) is 0 Å². The molecule has 0 fully saturated rings. The molecule has 0 atom stereocenters. The van der Waals surface area contributed by atoms with Gasteiger partial charge in [-0.05, 0) is 78.1 Å². The van der Waals surface area contributed by atoms with Gasteiger partial charge in [-0.3, -0.25) is 0 Å². The van der Waals surface area contributed by atoms with E-state index in [-0.39, 0.29) is 40.5 Å². The van der Waals surface area contributed by atoms with Gasteiger partial charge in [-0.2, -0.15) is 0 Å². The molecule has 9 rings (SSSR count). The Bertz CT molecular complexity index is 2760. The summed E-state index contributed by atoms with van der Waals surface area (Å²) in [5.41, 5.74) is 4.71. The largest absolute Gasteiger partial charge is 0.455 e. The zero-order valence-corrected chi connectivity index (χ0v) is 21.8. The fourth-order valence-electron chi connectivity index (χ4n) is 6.43. The third-order valence-electron chi connectivity index (χ3n) is 8.18. The van der Waals surface area contributed by atoms with Crippen LogP contribution in [0.4, 0.5) is 0 Å². The predicted molar refractivity (Wildman–Crippen MR) is 175 cm³/mol. The van der Waals surface area contributed by atoms with Crippen molar-refractivity contribution in [2.75, 3.05) is 0 Å². The molecule has 1 aromatic heterocycles. The SMILES string of the molecule is [2H]c1c([2H])c([2H])c2c(c1[2H])c([2H])c([2H])c1c2oc2cccc(-c3c4ccccc4c(-c4ccc5ccccc5c4)c4ccccc34)c21. The molecule has 0 amide bonds. The summed E-state index contributed by atoms with van der Waals surface area (Å²) in [7, 11) is 0. The lowest BCUT2D eigenvalue weighted by Crippen LogP contribution is -1.91. The molecule has 9 aromatic rings. The molecule has 190 valence electrons. The zero-order valence-electron chi connectivity index (χ0n) is 27.8. The van der Waals surface area contributed by atoms with Gasteiger partial charge in [-0.1, -0.05) is 127 Å². The monoisotopic (exact) mass is 526 g/mol. The lowest BCUT2D eigenvalue weighted by Gasteiger charge is -2.18. The minimum absolute atomic E-state index is 0.00950. The first kappa shape index (κ1) is 17.3. The van der Waals surface area contributed by atoms with Gasteiger partial charge in [0.05, 0.1) is 8.22 Å². The first-order valence-electron chi connectivity index (χ1n) is 16.6. The third kappa shape index (κ3) is 3.24. The molecule has 0 spiro atoms. The van der Waals surface area contributed by atoms with E-state index >= 15 is 0 Å². The highest BCUT2D eigenvalue weighted by molar-refractivity contribution is 6.27. The topological polar surface area (TPSA) is 13.1 Å². The Morgan fingerprint density at radius 3 is 1.93 bits per heavy atom. The summed E-state index contributed by atoms with van der Waals surface area (Å²) in [6.07, 6.45) is 0. The van der Waals surface area contributed by atoms with Gasteiger partial charge in [0.2, 0.25) is 0 Å². The fraction of sp³-hybridized carbons (Fsp3) is 0. The molecule has 1 heterocycles. The van der Waals surface area contributed by atoms with Crippen molar-refractivity contribution < 1.29 is 12.6 Å². The minimum atomic E-state index is -0.434. The molecule has 1 nitrogen and oxygen atoms in total. The lowest BCUT2D eigenvalue weighted by molar-refractivity contribution is 0.673. The van der Waals surface area contributed by atoms with Gasteiger partial charge in [0, 0.05) is 16.2 Å². The quantitative estimate of drug-likeness (QED) is 0.204. The maximum absolute atomic E-state index is 9.16. The van der Waals surface area contributed by atoms with Gasteiger partial charge in [0.1, 0.15) is 11.2 Å². The van der Waals surface area contributed by atoms with Crippen molar-refractivity contribution in [2.45, 2.75) is 0 Å². The Morgan fingerprint density at radius 1 is 0.463 bits per heavy atom.